The van der Waals surface area contributed by atoms with Gasteiger partial charge in [-0.05, 0) is 48.6 Å². The van der Waals surface area contributed by atoms with Crippen molar-refractivity contribution in [2.75, 3.05) is 12.3 Å². The number of nitrogens with one attached hydrogen (secondary N) is 2. The first-order chi connectivity index (χ1) is 15.4. The Balaban J connectivity index is 1.81. The summed E-state index contributed by atoms with van der Waals surface area (Å²) in [6.07, 6.45) is 1.73. The van der Waals surface area contributed by atoms with Crippen molar-refractivity contribution >= 4 is 34.6 Å². The number of carbonyl (C=O) groups excluding carboxylic acids is 2. The SMILES string of the molecule is CCc1ccc(-n2c(SCC(=O)NC(=O)NCCC(C)C)nc3ccccc3c2=O)cc1. The molecular weight excluding hydrogens is 424 g/mol. The van der Waals surface area contributed by atoms with Gasteiger partial charge in [-0.3, -0.25) is 19.5 Å². The van der Waals surface area contributed by atoms with Crippen molar-refractivity contribution in [1.82, 2.24) is 20.2 Å². The van der Waals surface area contributed by atoms with Gasteiger partial charge in [-0.2, -0.15) is 0 Å². The highest BCUT2D eigenvalue weighted by atomic mass is 32.2. The zero-order chi connectivity index (χ0) is 23.1. The zero-order valence-electron chi connectivity index (χ0n) is 18.6. The van der Waals surface area contributed by atoms with Gasteiger partial charge in [0.2, 0.25) is 5.91 Å². The maximum Gasteiger partial charge on any atom is 0.321 e. The number of hydrogen-bond acceptors (Lipinski definition) is 5. The zero-order valence-corrected chi connectivity index (χ0v) is 19.4. The van der Waals surface area contributed by atoms with Gasteiger partial charge in [0.15, 0.2) is 5.16 Å². The summed E-state index contributed by atoms with van der Waals surface area (Å²) in [7, 11) is 0. The number of para-hydroxylation sites is 1. The summed E-state index contributed by atoms with van der Waals surface area (Å²) in [5.74, 6) is -0.0360. The van der Waals surface area contributed by atoms with Crippen molar-refractivity contribution in [3.63, 3.8) is 0 Å². The average molecular weight is 453 g/mol. The molecule has 1 heterocycles. The number of thioether (sulfide) groups is 1. The fourth-order valence-electron chi connectivity index (χ4n) is 3.13. The third kappa shape index (κ3) is 5.97. The normalized spacial score (nSPS) is 11.0. The van der Waals surface area contributed by atoms with E-state index < -0.39 is 11.9 Å². The molecule has 0 aliphatic heterocycles. The number of aryl methyl sites for hydroxylation is 1. The van der Waals surface area contributed by atoms with Crippen LogP contribution in [0.15, 0.2) is 58.5 Å². The molecule has 2 aromatic carbocycles. The molecule has 8 heteroatoms. The minimum Gasteiger partial charge on any atom is -0.338 e. The van der Waals surface area contributed by atoms with E-state index >= 15 is 0 Å². The number of benzene rings is 2. The van der Waals surface area contributed by atoms with Crippen LogP contribution in [0.3, 0.4) is 0 Å². The topological polar surface area (TPSA) is 93.1 Å². The third-order valence-corrected chi connectivity index (χ3v) is 5.88. The molecule has 0 aliphatic rings. The van der Waals surface area contributed by atoms with Gasteiger partial charge in [0.1, 0.15) is 0 Å². The number of hydrogen-bond donors (Lipinski definition) is 2. The molecule has 32 heavy (non-hydrogen) atoms. The van der Waals surface area contributed by atoms with Gasteiger partial charge in [-0.25, -0.2) is 9.78 Å². The van der Waals surface area contributed by atoms with Gasteiger partial charge in [-0.1, -0.05) is 56.8 Å². The molecule has 7 nitrogen and oxygen atoms in total. The van der Waals surface area contributed by atoms with Gasteiger partial charge in [0, 0.05) is 6.54 Å². The van der Waals surface area contributed by atoms with Crippen LogP contribution < -0.4 is 16.2 Å². The van der Waals surface area contributed by atoms with Crippen LogP contribution in [0.25, 0.3) is 16.6 Å². The number of fused-ring (bicyclic) bond motifs is 1. The predicted octanol–water partition coefficient (Wildman–Crippen LogP) is 3.91. The van der Waals surface area contributed by atoms with Gasteiger partial charge < -0.3 is 5.32 Å². The number of urea groups is 1. The van der Waals surface area contributed by atoms with Crippen LogP contribution in [-0.2, 0) is 11.2 Å². The number of rotatable bonds is 8. The van der Waals surface area contributed by atoms with Crippen LogP contribution in [0, 0.1) is 5.92 Å². The maximum atomic E-state index is 13.2. The second-order valence-electron chi connectivity index (χ2n) is 7.85. The van der Waals surface area contributed by atoms with Gasteiger partial charge in [0.25, 0.3) is 5.56 Å². The Morgan fingerprint density at radius 3 is 2.50 bits per heavy atom. The summed E-state index contributed by atoms with van der Waals surface area (Å²) >= 11 is 1.12. The molecule has 0 atom stereocenters. The van der Waals surface area contributed by atoms with Crippen molar-refractivity contribution in [2.24, 2.45) is 5.92 Å². The second kappa shape index (κ2) is 10.9. The first-order valence-electron chi connectivity index (χ1n) is 10.7. The Labute approximate surface area is 191 Å². The van der Waals surface area contributed by atoms with Crippen molar-refractivity contribution in [1.29, 1.82) is 0 Å². The minimum absolute atomic E-state index is 0.0462. The van der Waals surface area contributed by atoms with Crippen LogP contribution >= 0.6 is 11.8 Å². The molecule has 2 N–H and O–H groups in total. The van der Waals surface area contributed by atoms with E-state index in [9.17, 15) is 14.4 Å². The first-order valence-corrected chi connectivity index (χ1v) is 11.7. The third-order valence-electron chi connectivity index (χ3n) is 4.94. The Hall–Kier alpha value is -3.13. The van der Waals surface area contributed by atoms with Gasteiger partial charge >= 0.3 is 6.03 Å². The van der Waals surface area contributed by atoms with Crippen molar-refractivity contribution in [3.8, 4) is 5.69 Å². The van der Waals surface area contributed by atoms with Crippen LogP contribution in [0.5, 0.6) is 0 Å². The summed E-state index contributed by atoms with van der Waals surface area (Å²) in [6, 6.07) is 14.3. The molecule has 0 fully saturated rings. The van der Waals surface area contributed by atoms with E-state index in [0.717, 1.165) is 30.2 Å². The molecular formula is C24H28N4O3S. The number of imide groups is 1. The molecule has 0 radical (unpaired) electrons. The van der Waals surface area contributed by atoms with E-state index in [0.29, 0.717) is 34.2 Å². The fraction of sp³-hybridized carbons (Fsp3) is 0.333. The van der Waals surface area contributed by atoms with Gasteiger partial charge in [-0.15, -0.1) is 0 Å². The number of aromatic nitrogens is 2. The lowest BCUT2D eigenvalue weighted by Gasteiger charge is -2.13. The predicted molar refractivity (Wildman–Crippen MR) is 128 cm³/mol. The molecule has 168 valence electrons. The van der Waals surface area contributed by atoms with E-state index in [2.05, 4.69) is 36.4 Å². The number of carbonyl (C=O) groups is 2. The van der Waals surface area contributed by atoms with Crippen LogP contribution in [0.2, 0.25) is 0 Å². The lowest BCUT2D eigenvalue weighted by atomic mass is 10.1. The molecule has 0 unspecified atom stereocenters. The van der Waals surface area contributed by atoms with E-state index in [1.165, 1.54) is 4.57 Å². The number of nitrogens with zero attached hydrogens (tertiary/aromatic N) is 2. The minimum atomic E-state index is -0.518. The molecule has 3 amide bonds. The first kappa shape index (κ1) is 23.5. The van der Waals surface area contributed by atoms with Crippen molar-refractivity contribution < 1.29 is 9.59 Å². The standard InChI is InChI=1S/C24H28N4O3S/c1-4-17-9-11-18(12-10-17)28-22(30)19-7-5-6-8-20(19)26-24(28)32-15-21(29)27-23(31)25-14-13-16(2)3/h5-12,16H,4,13-15H2,1-3H3,(H2,25,27,29,31). The molecule has 3 rings (SSSR count). The Morgan fingerprint density at radius 1 is 1.09 bits per heavy atom. The highest BCUT2D eigenvalue weighted by Crippen LogP contribution is 2.21. The van der Waals surface area contributed by atoms with Crippen LogP contribution in [0.4, 0.5) is 4.79 Å². The monoisotopic (exact) mass is 452 g/mol. The van der Waals surface area contributed by atoms with Crippen molar-refractivity contribution in [3.05, 3.63) is 64.4 Å². The van der Waals surface area contributed by atoms with Crippen LogP contribution in [-0.4, -0.2) is 33.8 Å². The molecule has 1 aromatic heterocycles. The highest BCUT2D eigenvalue weighted by molar-refractivity contribution is 7.99. The van der Waals surface area contributed by atoms with E-state index in [1.807, 2.05) is 30.3 Å². The highest BCUT2D eigenvalue weighted by Gasteiger charge is 2.16. The van der Waals surface area contributed by atoms with Crippen molar-refractivity contribution in [2.45, 2.75) is 38.8 Å². The molecule has 0 saturated heterocycles. The lowest BCUT2D eigenvalue weighted by molar-refractivity contribution is -0.117. The summed E-state index contributed by atoms with van der Waals surface area (Å²) in [5.41, 5.74) is 2.20. The van der Waals surface area contributed by atoms with E-state index in [-0.39, 0.29) is 11.3 Å². The van der Waals surface area contributed by atoms with E-state index in [1.54, 1.807) is 18.2 Å². The summed E-state index contributed by atoms with van der Waals surface area (Å²) in [4.78, 5) is 42.1. The summed E-state index contributed by atoms with van der Waals surface area (Å²) in [6.45, 7) is 6.70. The lowest BCUT2D eigenvalue weighted by Crippen LogP contribution is -2.41. The summed E-state index contributed by atoms with van der Waals surface area (Å²) in [5, 5.41) is 5.90. The quantitative estimate of drug-likeness (QED) is 0.399. The molecule has 0 aliphatic carbocycles. The van der Waals surface area contributed by atoms with Gasteiger partial charge in [0.05, 0.1) is 22.3 Å². The molecule has 0 spiro atoms. The molecule has 0 bridgehead atoms. The molecule has 3 aromatic rings. The maximum absolute atomic E-state index is 13.2. The van der Waals surface area contributed by atoms with E-state index in [4.69, 9.17) is 0 Å². The molecule has 0 saturated carbocycles. The fourth-order valence-corrected chi connectivity index (χ4v) is 3.94. The Morgan fingerprint density at radius 2 is 1.81 bits per heavy atom. The summed E-state index contributed by atoms with van der Waals surface area (Å²) < 4.78 is 1.52. The average Bonchev–Trinajstić information content (AvgIpc) is 2.77. The smallest absolute Gasteiger partial charge is 0.321 e. The second-order valence-corrected chi connectivity index (χ2v) is 8.79. The van der Waals surface area contributed by atoms with Crippen LogP contribution in [0.1, 0.15) is 32.8 Å². The Kier molecular flexibility index (Phi) is 8.05. The number of amides is 3. The largest absolute Gasteiger partial charge is 0.338 e. The Bertz CT molecular complexity index is 1160.